The number of ether oxygens (including phenoxy) is 1. The Morgan fingerprint density at radius 3 is 2.50 bits per heavy atom. The molecule has 0 N–H and O–H groups in total. The molecule has 0 aliphatic heterocycles. The summed E-state index contributed by atoms with van der Waals surface area (Å²) in [5, 5.41) is 11.5. The van der Waals surface area contributed by atoms with Crippen LogP contribution in [0.4, 0.5) is 0 Å². The molecule has 0 heterocycles. The SMILES string of the molecule is COc1cccc(C(=O)c2ccccc2[O-])c1.[K+]. The van der Waals surface area contributed by atoms with E-state index < -0.39 is 0 Å². The van der Waals surface area contributed by atoms with Gasteiger partial charge in [0.25, 0.3) is 0 Å². The van der Waals surface area contributed by atoms with Gasteiger partial charge in [-0.2, -0.15) is 0 Å². The van der Waals surface area contributed by atoms with Crippen LogP contribution in [0.5, 0.6) is 11.5 Å². The van der Waals surface area contributed by atoms with E-state index >= 15 is 0 Å². The molecular formula is C14H11KO3. The van der Waals surface area contributed by atoms with Crippen molar-refractivity contribution in [1.29, 1.82) is 0 Å². The zero-order valence-electron chi connectivity index (χ0n) is 10.3. The molecule has 0 spiro atoms. The number of hydrogen-bond acceptors (Lipinski definition) is 3. The third-order valence-corrected chi connectivity index (χ3v) is 2.46. The van der Waals surface area contributed by atoms with Crippen LogP contribution in [0.15, 0.2) is 48.5 Å². The Balaban J connectivity index is 0.00000162. The molecule has 2 rings (SSSR count). The fourth-order valence-electron chi connectivity index (χ4n) is 1.57. The van der Waals surface area contributed by atoms with E-state index in [1.807, 2.05) is 0 Å². The molecule has 0 aromatic heterocycles. The molecule has 2 aromatic rings. The van der Waals surface area contributed by atoms with E-state index in [0.29, 0.717) is 11.3 Å². The molecule has 0 amide bonds. The minimum absolute atomic E-state index is 0. The van der Waals surface area contributed by atoms with Crippen molar-refractivity contribution in [3.63, 3.8) is 0 Å². The molecule has 0 saturated heterocycles. The molecule has 18 heavy (non-hydrogen) atoms. The van der Waals surface area contributed by atoms with Gasteiger partial charge >= 0.3 is 51.4 Å². The summed E-state index contributed by atoms with van der Waals surface area (Å²) >= 11 is 0. The van der Waals surface area contributed by atoms with E-state index in [9.17, 15) is 9.90 Å². The second-order valence-corrected chi connectivity index (χ2v) is 3.56. The van der Waals surface area contributed by atoms with Crippen LogP contribution in [0.3, 0.4) is 0 Å². The molecular weight excluding hydrogens is 255 g/mol. The first-order valence-corrected chi connectivity index (χ1v) is 5.17. The van der Waals surface area contributed by atoms with Crippen LogP contribution in [0.2, 0.25) is 0 Å². The van der Waals surface area contributed by atoms with Gasteiger partial charge in [-0.1, -0.05) is 42.1 Å². The van der Waals surface area contributed by atoms with Gasteiger partial charge in [0.05, 0.1) is 7.11 Å². The average Bonchev–Trinajstić information content (AvgIpc) is 2.38. The fraction of sp³-hybridized carbons (Fsp3) is 0.0714. The van der Waals surface area contributed by atoms with Crippen molar-refractivity contribution >= 4 is 5.78 Å². The van der Waals surface area contributed by atoms with Crippen LogP contribution in [0, 0.1) is 0 Å². The summed E-state index contributed by atoms with van der Waals surface area (Å²) in [6.07, 6.45) is 0. The van der Waals surface area contributed by atoms with Gasteiger partial charge in [-0.25, -0.2) is 0 Å². The molecule has 86 valence electrons. The van der Waals surface area contributed by atoms with Crippen molar-refractivity contribution < 1.29 is 66.0 Å². The van der Waals surface area contributed by atoms with Crippen molar-refractivity contribution in [3.05, 3.63) is 59.7 Å². The summed E-state index contributed by atoms with van der Waals surface area (Å²) < 4.78 is 5.04. The number of carbonyl (C=O) groups excluding carboxylic acids is 1. The molecule has 0 fully saturated rings. The molecule has 3 nitrogen and oxygen atoms in total. The zero-order chi connectivity index (χ0) is 12.3. The zero-order valence-corrected chi connectivity index (χ0v) is 13.5. The van der Waals surface area contributed by atoms with E-state index in [0.717, 1.165) is 0 Å². The molecule has 0 bridgehead atoms. The van der Waals surface area contributed by atoms with Crippen molar-refractivity contribution in [3.8, 4) is 11.5 Å². The first-order chi connectivity index (χ1) is 8.22. The van der Waals surface area contributed by atoms with Gasteiger partial charge in [-0.15, -0.1) is 0 Å². The third kappa shape index (κ3) is 3.43. The maximum atomic E-state index is 12.1. The molecule has 0 atom stereocenters. The van der Waals surface area contributed by atoms with Gasteiger partial charge in [-0.3, -0.25) is 4.79 Å². The Labute approximate surface area is 148 Å². The van der Waals surface area contributed by atoms with Gasteiger partial charge in [0, 0.05) is 11.1 Å². The van der Waals surface area contributed by atoms with Crippen LogP contribution < -0.4 is 61.2 Å². The molecule has 0 radical (unpaired) electrons. The first-order valence-electron chi connectivity index (χ1n) is 5.17. The Bertz CT molecular complexity index is 552. The summed E-state index contributed by atoms with van der Waals surface area (Å²) in [5.41, 5.74) is 0.633. The van der Waals surface area contributed by atoms with Crippen LogP contribution in [0.1, 0.15) is 15.9 Å². The van der Waals surface area contributed by atoms with Crippen LogP contribution in [-0.2, 0) is 0 Å². The molecule has 0 unspecified atom stereocenters. The number of rotatable bonds is 3. The molecule has 0 aliphatic carbocycles. The van der Waals surface area contributed by atoms with E-state index in [1.165, 1.54) is 19.2 Å². The predicted molar refractivity (Wildman–Crippen MR) is 62.3 cm³/mol. The second-order valence-electron chi connectivity index (χ2n) is 3.56. The standard InChI is InChI=1S/C14H12O3.K/c1-17-11-6-4-5-10(9-11)14(16)12-7-2-3-8-13(12)15;/h2-9,15H,1H3;/q;+1/p-1. The maximum absolute atomic E-state index is 12.1. The topological polar surface area (TPSA) is 49.4 Å². The number of ketones is 1. The quantitative estimate of drug-likeness (QED) is 0.529. The van der Waals surface area contributed by atoms with E-state index in [-0.39, 0.29) is 68.5 Å². The van der Waals surface area contributed by atoms with Crippen LogP contribution in [-0.4, -0.2) is 12.9 Å². The predicted octanol–water partition coefficient (Wildman–Crippen LogP) is -0.996. The van der Waals surface area contributed by atoms with Gasteiger partial charge in [-0.05, 0) is 12.1 Å². The molecule has 2 aromatic carbocycles. The van der Waals surface area contributed by atoms with E-state index in [4.69, 9.17) is 4.74 Å². The first kappa shape index (κ1) is 15.4. The number of carbonyl (C=O) groups is 1. The monoisotopic (exact) mass is 266 g/mol. The van der Waals surface area contributed by atoms with E-state index in [2.05, 4.69) is 0 Å². The van der Waals surface area contributed by atoms with Gasteiger partial charge < -0.3 is 9.84 Å². The Morgan fingerprint density at radius 1 is 1.11 bits per heavy atom. The van der Waals surface area contributed by atoms with Crippen LogP contribution >= 0.6 is 0 Å². The average molecular weight is 266 g/mol. The molecule has 0 saturated carbocycles. The molecule has 0 aliphatic rings. The largest absolute Gasteiger partial charge is 1.00 e. The molecule has 4 heteroatoms. The Hall–Kier alpha value is -0.654. The van der Waals surface area contributed by atoms with Crippen molar-refractivity contribution in [1.82, 2.24) is 0 Å². The van der Waals surface area contributed by atoms with Gasteiger partial charge in [0.2, 0.25) is 0 Å². The Kier molecular flexibility index (Phi) is 6.04. The summed E-state index contributed by atoms with van der Waals surface area (Å²) in [7, 11) is 1.53. The fourth-order valence-corrected chi connectivity index (χ4v) is 1.57. The Morgan fingerprint density at radius 2 is 1.83 bits per heavy atom. The summed E-state index contributed by atoms with van der Waals surface area (Å²) in [6.45, 7) is 0. The normalized spacial score (nSPS) is 9.39. The smallest absolute Gasteiger partial charge is 0.872 e. The number of hydrogen-bond donors (Lipinski definition) is 0. The van der Waals surface area contributed by atoms with Crippen molar-refractivity contribution in [2.45, 2.75) is 0 Å². The van der Waals surface area contributed by atoms with Crippen molar-refractivity contribution in [2.24, 2.45) is 0 Å². The van der Waals surface area contributed by atoms with Crippen LogP contribution in [0.25, 0.3) is 0 Å². The third-order valence-electron chi connectivity index (χ3n) is 2.46. The second kappa shape index (κ2) is 7.06. The summed E-state index contributed by atoms with van der Waals surface area (Å²) in [5.74, 6) is 0.0500. The number of para-hydroxylation sites is 1. The summed E-state index contributed by atoms with van der Waals surface area (Å²) in [4.78, 5) is 12.1. The maximum Gasteiger partial charge on any atom is 1.00 e. The van der Waals surface area contributed by atoms with Crippen molar-refractivity contribution in [2.75, 3.05) is 7.11 Å². The minimum atomic E-state index is -0.283. The summed E-state index contributed by atoms with van der Waals surface area (Å²) in [6, 6.07) is 13.0. The number of benzene rings is 2. The number of methoxy groups -OCH3 is 1. The van der Waals surface area contributed by atoms with E-state index in [1.54, 1.807) is 36.4 Å². The van der Waals surface area contributed by atoms with Gasteiger partial charge in [0.1, 0.15) is 5.75 Å². The minimum Gasteiger partial charge on any atom is -0.872 e. The van der Waals surface area contributed by atoms with Gasteiger partial charge in [0.15, 0.2) is 5.78 Å².